The lowest BCUT2D eigenvalue weighted by atomic mass is 9.99. The summed E-state index contributed by atoms with van der Waals surface area (Å²) in [6.45, 7) is 4.43. The number of carbonyl (C=O) groups is 1. The third-order valence-corrected chi connectivity index (χ3v) is 10.3. The van der Waals surface area contributed by atoms with E-state index in [9.17, 15) is 25.2 Å². The first-order valence-corrected chi connectivity index (χ1v) is 22.6. The lowest BCUT2D eigenvalue weighted by Gasteiger charge is -2.39. The number of allylic oxidation sites excluding steroid dienone is 6. The van der Waals surface area contributed by atoms with Gasteiger partial charge >= 0.3 is 5.97 Å². The van der Waals surface area contributed by atoms with Crippen molar-refractivity contribution in [3.63, 3.8) is 0 Å². The Morgan fingerprint density at radius 2 is 1.11 bits per heavy atom. The zero-order valence-electron chi connectivity index (χ0n) is 35.2. The van der Waals surface area contributed by atoms with Crippen molar-refractivity contribution in [3.8, 4) is 0 Å². The fourth-order valence-electron chi connectivity index (χ4n) is 6.80. The minimum Gasteiger partial charge on any atom is -0.457 e. The molecule has 1 rings (SSSR count). The molecule has 1 saturated heterocycles. The van der Waals surface area contributed by atoms with Crippen LogP contribution in [0.4, 0.5) is 0 Å². The molecule has 0 radical (unpaired) electrons. The number of unbranched alkanes of at least 4 members (excludes halogenated alkanes) is 21. The monoisotopic (exact) mass is 781 g/mol. The van der Waals surface area contributed by atoms with E-state index in [-0.39, 0.29) is 19.2 Å². The van der Waals surface area contributed by atoms with Gasteiger partial charge in [-0.1, -0.05) is 172 Å². The summed E-state index contributed by atoms with van der Waals surface area (Å²) in [5.74, 6) is -0.317. The molecule has 9 nitrogen and oxygen atoms in total. The number of aliphatic hydroxyl groups excluding tert-OH is 4. The molecule has 322 valence electrons. The largest absolute Gasteiger partial charge is 0.457 e. The van der Waals surface area contributed by atoms with Gasteiger partial charge in [-0.25, -0.2) is 0 Å². The average Bonchev–Trinajstić information content (AvgIpc) is 3.18. The maximum Gasteiger partial charge on any atom is 0.306 e. The SMILES string of the molecule is CC/C=C\C/C=C\C/C=C\CCCCCCCCOCC(COC1OC(CO)C(O)C(O)C1O)OC(=O)CCCCCCCCCCCCCCCCCC. The van der Waals surface area contributed by atoms with Crippen LogP contribution in [0.1, 0.15) is 187 Å². The summed E-state index contributed by atoms with van der Waals surface area (Å²) in [6, 6.07) is 0. The number of hydrogen-bond acceptors (Lipinski definition) is 9. The van der Waals surface area contributed by atoms with Gasteiger partial charge in [0.15, 0.2) is 6.29 Å². The second-order valence-corrected chi connectivity index (χ2v) is 15.5. The molecule has 0 aromatic carbocycles. The average molecular weight is 781 g/mol. The van der Waals surface area contributed by atoms with Crippen molar-refractivity contribution >= 4 is 5.97 Å². The normalized spacial score (nSPS) is 21.0. The van der Waals surface area contributed by atoms with Gasteiger partial charge in [-0.15, -0.1) is 0 Å². The van der Waals surface area contributed by atoms with Crippen LogP contribution in [0, 0.1) is 0 Å². The summed E-state index contributed by atoms with van der Waals surface area (Å²) in [5.41, 5.74) is 0. The van der Waals surface area contributed by atoms with Gasteiger partial charge in [0.1, 0.15) is 30.5 Å². The lowest BCUT2D eigenvalue weighted by molar-refractivity contribution is -0.305. The molecule has 1 fully saturated rings. The van der Waals surface area contributed by atoms with Crippen molar-refractivity contribution in [1.29, 1.82) is 0 Å². The van der Waals surface area contributed by atoms with Crippen molar-refractivity contribution in [2.24, 2.45) is 0 Å². The van der Waals surface area contributed by atoms with Gasteiger partial charge in [-0.2, -0.15) is 0 Å². The Morgan fingerprint density at radius 3 is 1.67 bits per heavy atom. The highest BCUT2D eigenvalue weighted by molar-refractivity contribution is 5.69. The Morgan fingerprint density at radius 1 is 0.600 bits per heavy atom. The zero-order chi connectivity index (χ0) is 40.0. The van der Waals surface area contributed by atoms with E-state index in [0.717, 1.165) is 64.2 Å². The molecule has 0 saturated carbocycles. The van der Waals surface area contributed by atoms with Crippen molar-refractivity contribution in [3.05, 3.63) is 36.5 Å². The third kappa shape index (κ3) is 29.3. The van der Waals surface area contributed by atoms with Crippen LogP contribution in [0.2, 0.25) is 0 Å². The Kier molecular flexibility index (Phi) is 35.5. The van der Waals surface area contributed by atoms with E-state index in [4.69, 9.17) is 18.9 Å². The maximum atomic E-state index is 12.8. The molecule has 1 aliphatic heterocycles. The lowest BCUT2D eigenvalue weighted by Crippen LogP contribution is -2.59. The molecule has 1 aliphatic rings. The standard InChI is InChI=1S/C46H84O9/c1-3-5-7-9-11-13-15-17-19-21-23-25-27-29-31-33-35-42(48)54-40(39-53-46-45(51)44(50)43(49)41(37-47)55-46)38-52-36-34-32-30-28-26-24-22-20-18-16-14-12-10-8-6-4-2/h6,8,12,14,18,20,40-41,43-47,49-51H,3-5,7,9-11,13,15-17,19,21-39H2,1-2H3/b8-6-,14-12-,20-18-. The highest BCUT2D eigenvalue weighted by Gasteiger charge is 2.44. The van der Waals surface area contributed by atoms with Gasteiger partial charge in [0, 0.05) is 13.0 Å². The molecule has 0 aromatic rings. The number of rotatable bonds is 38. The van der Waals surface area contributed by atoms with Gasteiger partial charge in [-0.05, 0) is 44.9 Å². The first-order valence-electron chi connectivity index (χ1n) is 22.6. The number of carbonyl (C=O) groups excluding carboxylic acids is 1. The van der Waals surface area contributed by atoms with Crippen LogP contribution in [0.5, 0.6) is 0 Å². The highest BCUT2D eigenvalue weighted by Crippen LogP contribution is 2.22. The Hall–Kier alpha value is -1.59. The molecule has 4 N–H and O–H groups in total. The van der Waals surface area contributed by atoms with Gasteiger partial charge in [0.25, 0.3) is 0 Å². The molecule has 55 heavy (non-hydrogen) atoms. The maximum absolute atomic E-state index is 12.8. The van der Waals surface area contributed by atoms with Crippen LogP contribution in [-0.4, -0.2) is 89.6 Å². The summed E-state index contributed by atoms with van der Waals surface area (Å²) < 4.78 is 22.8. The molecule has 0 aliphatic carbocycles. The Balaban J connectivity index is 2.27. The van der Waals surface area contributed by atoms with Gasteiger partial charge in [-0.3, -0.25) is 4.79 Å². The molecule has 1 heterocycles. The summed E-state index contributed by atoms with van der Waals surface area (Å²) in [4.78, 5) is 12.8. The minimum absolute atomic E-state index is 0.117. The first-order chi connectivity index (χ1) is 26.9. The van der Waals surface area contributed by atoms with E-state index in [1.54, 1.807) is 0 Å². The molecule has 0 bridgehead atoms. The molecular weight excluding hydrogens is 696 g/mol. The highest BCUT2D eigenvalue weighted by atomic mass is 16.7. The zero-order valence-corrected chi connectivity index (χ0v) is 35.2. The number of aliphatic hydroxyl groups is 4. The molecule has 0 aromatic heterocycles. The van der Waals surface area contributed by atoms with Crippen molar-refractivity contribution < 1.29 is 44.2 Å². The van der Waals surface area contributed by atoms with Crippen molar-refractivity contribution in [2.75, 3.05) is 26.4 Å². The molecular formula is C46H84O9. The number of hydrogen-bond donors (Lipinski definition) is 4. The van der Waals surface area contributed by atoms with Gasteiger partial charge in [0.05, 0.1) is 19.8 Å². The predicted octanol–water partition coefficient (Wildman–Crippen LogP) is 9.97. The smallest absolute Gasteiger partial charge is 0.306 e. The fourth-order valence-corrected chi connectivity index (χ4v) is 6.80. The molecule has 0 spiro atoms. The summed E-state index contributed by atoms with van der Waals surface area (Å²) >= 11 is 0. The molecule has 6 atom stereocenters. The first kappa shape index (κ1) is 51.4. The van der Waals surface area contributed by atoms with E-state index in [1.165, 1.54) is 103 Å². The minimum atomic E-state index is -1.54. The van der Waals surface area contributed by atoms with Crippen molar-refractivity contribution in [2.45, 2.75) is 224 Å². The molecule has 6 unspecified atom stereocenters. The van der Waals surface area contributed by atoms with Crippen LogP contribution < -0.4 is 0 Å². The fraction of sp³-hybridized carbons (Fsp3) is 0.848. The molecule has 9 heteroatoms. The summed E-state index contributed by atoms with van der Waals surface area (Å²) in [7, 11) is 0. The second kappa shape index (κ2) is 38.0. The number of esters is 1. The second-order valence-electron chi connectivity index (χ2n) is 15.5. The molecule has 0 amide bonds. The summed E-state index contributed by atoms with van der Waals surface area (Å²) in [6.07, 6.45) is 37.4. The topological polar surface area (TPSA) is 135 Å². The van der Waals surface area contributed by atoms with Crippen LogP contribution >= 0.6 is 0 Å². The van der Waals surface area contributed by atoms with E-state index in [1.807, 2.05) is 0 Å². The number of ether oxygens (including phenoxy) is 4. The van der Waals surface area contributed by atoms with Crippen molar-refractivity contribution in [1.82, 2.24) is 0 Å². The Bertz CT molecular complexity index is 936. The third-order valence-electron chi connectivity index (χ3n) is 10.3. The van der Waals surface area contributed by atoms with Crippen LogP contribution in [0.3, 0.4) is 0 Å². The van der Waals surface area contributed by atoms with Crippen LogP contribution in [-0.2, 0) is 23.7 Å². The quantitative estimate of drug-likeness (QED) is 0.0274. The van der Waals surface area contributed by atoms with Gasteiger partial charge in [0.2, 0.25) is 0 Å². The van der Waals surface area contributed by atoms with Crippen LogP contribution in [0.15, 0.2) is 36.5 Å². The van der Waals surface area contributed by atoms with E-state index >= 15 is 0 Å². The van der Waals surface area contributed by atoms with Crippen LogP contribution in [0.25, 0.3) is 0 Å². The van der Waals surface area contributed by atoms with Gasteiger partial charge < -0.3 is 39.4 Å². The van der Waals surface area contributed by atoms with E-state index in [2.05, 4.69) is 50.3 Å². The van der Waals surface area contributed by atoms with E-state index < -0.39 is 43.4 Å². The van der Waals surface area contributed by atoms with E-state index in [0.29, 0.717) is 13.0 Å². The summed E-state index contributed by atoms with van der Waals surface area (Å²) in [5, 5.41) is 40.1. The Labute approximate surface area is 336 Å². The predicted molar refractivity (Wildman–Crippen MR) is 224 cm³/mol.